The van der Waals surface area contributed by atoms with Gasteiger partial charge in [0.05, 0.1) is 20.3 Å². The number of ether oxygens (including phenoxy) is 2. The molecule has 2 aromatic rings. The van der Waals surface area contributed by atoms with Crippen molar-refractivity contribution in [2.75, 3.05) is 19.5 Å². The quantitative estimate of drug-likeness (QED) is 0.816. The number of hydrogen-bond donors (Lipinski definition) is 2. The van der Waals surface area contributed by atoms with E-state index in [0.29, 0.717) is 22.7 Å². The van der Waals surface area contributed by atoms with Crippen molar-refractivity contribution in [3.63, 3.8) is 0 Å². The first kappa shape index (κ1) is 18.3. The summed E-state index contributed by atoms with van der Waals surface area (Å²) in [5.74, 6) is -0.928. The number of nitrogens with one attached hydrogen (secondary N) is 2. The Balaban J connectivity index is 2.04. The van der Waals surface area contributed by atoms with Gasteiger partial charge in [-0.25, -0.2) is 4.39 Å². The molecule has 6 nitrogen and oxygen atoms in total. The van der Waals surface area contributed by atoms with Crippen LogP contribution in [-0.2, 0) is 9.59 Å². The normalized spacial score (nSPS) is 11.4. The Morgan fingerprint density at radius 3 is 2.28 bits per heavy atom. The van der Waals surface area contributed by atoms with Crippen LogP contribution in [0.25, 0.3) is 0 Å². The van der Waals surface area contributed by atoms with Gasteiger partial charge in [0.2, 0.25) is 0 Å². The number of halogens is 1. The maximum atomic E-state index is 12.9. The van der Waals surface area contributed by atoms with Crippen molar-refractivity contribution in [2.45, 2.75) is 13.0 Å². The number of amides is 2. The van der Waals surface area contributed by atoms with Crippen molar-refractivity contribution < 1.29 is 23.5 Å². The van der Waals surface area contributed by atoms with Crippen LogP contribution < -0.4 is 20.1 Å². The number of anilines is 1. The molecular weight excluding hydrogens is 327 g/mol. The van der Waals surface area contributed by atoms with Crippen LogP contribution >= 0.6 is 0 Å². The number of benzene rings is 2. The first-order valence-electron chi connectivity index (χ1n) is 7.54. The highest BCUT2D eigenvalue weighted by Gasteiger charge is 2.19. The highest BCUT2D eigenvalue weighted by molar-refractivity contribution is 6.39. The molecule has 0 saturated carbocycles. The molecule has 2 rings (SSSR count). The molecule has 2 N–H and O–H groups in total. The molecular formula is C18H19FN2O4. The molecule has 0 radical (unpaired) electrons. The van der Waals surface area contributed by atoms with E-state index < -0.39 is 23.7 Å². The molecule has 2 amide bonds. The Hall–Kier alpha value is -3.09. The monoisotopic (exact) mass is 346 g/mol. The summed E-state index contributed by atoms with van der Waals surface area (Å²) in [7, 11) is 3.05. The first-order chi connectivity index (χ1) is 11.9. The van der Waals surface area contributed by atoms with Crippen molar-refractivity contribution >= 4 is 17.5 Å². The molecule has 0 aliphatic heterocycles. The van der Waals surface area contributed by atoms with Crippen molar-refractivity contribution in [3.05, 3.63) is 53.8 Å². The van der Waals surface area contributed by atoms with Gasteiger partial charge >= 0.3 is 11.8 Å². The molecule has 1 atom stereocenters. The minimum absolute atomic E-state index is 0.330. The maximum Gasteiger partial charge on any atom is 0.313 e. The summed E-state index contributed by atoms with van der Waals surface area (Å²) in [5, 5.41) is 5.00. The third kappa shape index (κ3) is 4.69. The third-order valence-electron chi connectivity index (χ3n) is 3.56. The lowest BCUT2D eigenvalue weighted by Gasteiger charge is -2.17. The SMILES string of the molecule is COc1ccc([C@@H](C)NC(=O)C(=O)Nc2ccc(F)cc2)c(OC)c1. The number of carbonyl (C=O) groups is 2. The van der Waals surface area contributed by atoms with Crippen LogP contribution in [0.3, 0.4) is 0 Å². The standard InChI is InChI=1S/C18H19FN2O4/c1-11(15-9-8-14(24-2)10-16(15)25-3)20-17(22)18(23)21-13-6-4-12(19)5-7-13/h4-11H,1-3H3,(H,20,22)(H,21,23)/t11-/m1/s1. The molecule has 0 heterocycles. The van der Waals surface area contributed by atoms with E-state index in [0.717, 1.165) is 0 Å². The lowest BCUT2D eigenvalue weighted by atomic mass is 10.1. The molecule has 0 aromatic heterocycles. The number of methoxy groups -OCH3 is 2. The lowest BCUT2D eigenvalue weighted by molar-refractivity contribution is -0.136. The largest absolute Gasteiger partial charge is 0.497 e. The summed E-state index contributed by atoms with van der Waals surface area (Å²) in [5.41, 5.74) is 1.03. The van der Waals surface area contributed by atoms with Gasteiger partial charge in [-0.2, -0.15) is 0 Å². The zero-order valence-electron chi connectivity index (χ0n) is 14.1. The predicted octanol–water partition coefficient (Wildman–Crippen LogP) is 2.66. The van der Waals surface area contributed by atoms with Gasteiger partial charge in [0, 0.05) is 17.3 Å². The van der Waals surface area contributed by atoms with E-state index in [9.17, 15) is 14.0 Å². The highest BCUT2D eigenvalue weighted by Crippen LogP contribution is 2.29. The van der Waals surface area contributed by atoms with Gasteiger partial charge < -0.3 is 20.1 Å². The molecule has 0 aliphatic carbocycles. The molecule has 0 spiro atoms. The van der Waals surface area contributed by atoms with Crippen LogP contribution in [0.4, 0.5) is 10.1 Å². The zero-order chi connectivity index (χ0) is 18.4. The van der Waals surface area contributed by atoms with Crippen LogP contribution in [0.15, 0.2) is 42.5 Å². The lowest BCUT2D eigenvalue weighted by Crippen LogP contribution is -2.37. The van der Waals surface area contributed by atoms with Crippen molar-refractivity contribution in [1.29, 1.82) is 0 Å². The van der Waals surface area contributed by atoms with Crippen LogP contribution in [-0.4, -0.2) is 26.0 Å². The van der Waals surface area contributed by atoms with Gasteiger partial charge in [0.25, 0.3) is 0 Å². The average Bonchev–Trinajstić information content (AvgIpc) is 2.62. The Labute approximate surface area is 144 Å². The summed E-state index contributed by atoms with van der Waals surface area (Å²) in [6.45, 7) is 1.73. The number of rotatable bonds is 5. The second kappa shape index (κ2) is 8.14. The van der Waals surface area contributed by atoms with Gasteiger partial charge in [0.15, 0.2) is 0 Å². The van der Waals surface area contributed by atoms with E-state index in [1.54, 1.807) is 32.2 Å². The minimum Gasteiger partial charge on any atom is -0.497 e. The Bertz CT molecular complexity index is 762. The number of hydrogen-bond acceptors (Lipinski definition) is 4. The molecule has 25 heavy (non-hydrogen) atoms. The van der Waals surface area contributed by atoms with Crippen LogP contribution in [0.1, 0.15) is 18.5 Å². The summed E-state index contributed by atoms with van der Waals surface area (Å²) in [6, 6.07) is 9.84. The Morgan fingerprint density at radius 2 is 1.68 bits per heavy atom. The van der Waals surface area contributed by atoms with Gasteiger partial charge in [0.1, 0.15) is 17.3 Å². The van der Waals surface area contributed by atoms with Gasteiger partial charge in [-0.3, -0.25) is 9.59 Å². The fraction of sp³-hybridized carbons (Fsp3) is 0.222. The second-order valence-corrected chi connectivity index (χ2v) is 5.26. The van der Waals surface area contributed by atoms with E-state index in [-0.39, 0.29) is 0 Å². The van der Waals surface area contributed by atoms with E-state index in [1.165, 1.54) is 31.4 Å². The maximum absolute atomic E-state index is 12.9. The molecule has 132 valence electrons. The van der Waals surface area contributed by atoms with E-state index in [2.05, 4.69) is 10.6 Å². The molecule has 0 fully saturated rings. The molecule has 0 bridgehead atoms. The predicted molar refractivity (Wildman–Crippen MR) is 91.1 cm³/mol. The first-order valence-corrected chi connectivity index (χ1v) is 7.54. The molecule has 0 unspecified atom stereocenters. The summed E-state index contributed by atoms with van der Waals surface area (Å²) in [4.78, 5) is 24.0. The minimum atomic E-state index is -0.842. The van der Waals surface area contributed by atoms with Crippen LogP contribution in [0, 0.1) is 5.82 Å². The summed E-state index contributed by atoms with van der Waals surface area (Å²) in [6.07, 6.45) is 0. The van der Waals surface area contributed by atoms with Crippen LogP contribution in [0.5, 0.6) is 11.5 Å². The van der Waals surface area contributed by atoms with E-state index >= 15 is 0 Å². The smallest absolute Gasteiger partial charge is 0.313 e. The van der Waals surface area contributed by atoms with E-state index in [1.807, 2.05) is 0 Å². The average molecular weight is 346 g/mol. The molecule has 0 saturated heterocycles. The van der Waals surface area contributed by atoms with E-state index in [4.69, 9.17) is 9.47 Å². The number of carbonyl (C=O) groups excluding carboxylic acids is 2. The van der Waals surface area contributed by atoms with Crippen molar-refractivity contribution in [2.24, 2.45) is 0 Å². The molecule has 2 aromatic carbocycles. The topological polar surface area (TPSA) is 76.7 Å². The highest BCUT2D eigenvalue weighted by atomic mass is 19.1. The molecule has 0 aliphatic rings. The Kier molecular flexibility index (Phi) is 5.94. The van der Waals surface area contributed by atoms with Crippen LogP contribution in [0.2, 0.25) is 0 Å². The fourth-order valence-electron chi connectivity index (χ4n) is 2.24. The molecule has 7 heteroatoms. The fourth-order valence-corrected chi connectivity index (χ4v) is 2.24. The second-order valence-electron chi connectivity index (χ2n) is 5.26. The van der Waals surface area contributed by atoms with Crippen molar-refractivity contribution in [1.82, 2.24) is 5.32 Å². The summed E-state index contributed by atoms with van der Waals surface area (Å²) >= 11 is 0. The summed E-state index contributed by atoms with van der Waals surface area (Å²) < 4.78 is 23.3. The van der Waals surface area contributed by atoms with Gasteiger partial charge in [-0.05, 0) is 43.3 Å². The van der Waals surface area contributed by atoms with Gasteiger partial charge in [-0.15, -0.1) is 0 Å². The van der Waals surface area contributed by atoms with Crippen molar-refractivity contribution in [3.8, 4) is 11.5 Å². The third-order valence-corrected chi connectivity index (χ3v) is 3.56. The van der Waals surface area contributed by atoms with Gasteiger partial charge in [-0.1, -0.05) is 0 Å². The zero-order valence-corrected chi connectivity index (χ0v) is 14.1. The Morgan fingerprint density at radius 1 is 1.00 bits per heavy atom.